The van der Waals surface area contributed by atoms with Gasteiger partial charge < -0.3 is 5.32 Å². The van der Waals surface area contributed by atoms with Crippen LogP contribution in [0, 0.1) is 6.92 Å². The van der Waals surface area contributed by atoms with E-state index in [9.17, 15) is 4.79 Å². The molecule has 1 amide bonds. The fourth-order valence-corrected chi connectivity index (χ4v) is 1.64. The summed E-state index contributed by atoms with van der Waals surface area (Å²) in [5.41, 5.74) is 3.65. The van der Waals surface area contributed by atoms with Crippen molar-refractivity contribution in [3.05, 3.63) is 54.1 Å². The molecule has 4 heteroatoms. The maximum absolute atomic E-state index is 11.2. The van der Waals surface area contributed by atoms with Crippen LogP contribution in [0.3, 0.4) is 0 Å². The van der Waals surface area contributed by atoms with E-state index in [0.717, 1.165) is 11.4 Å². The molecule has 0 bridgehead atoms. The van der Waals surface area contributed by atoms with E-state index in [-0.39, 0.29) is 5.91 Å². The summed E-state index contributed by atoms with van der Waals surface area (Å²) in [7, 11) is 0. The van der Waals surface area contributed by atoms with Gasteiger partial charge in [-0.25, -0.2) is 0 Å². The van der Waals surface area contributed by atoms with Crippen LogP contribution in [0.5, 0.6) is 0 Å². The number of hydrogen-bond acceptors (Lipinski definition) is 3. The molecule has 0 saturated carbocycles. The summed E-state index contributed by atoms with van der Waals surface area (Å²) in [5.74, 6) is -0.227. The number of carbonyl (C=O) groups excluding carboxylic acids is 1. The highest BCUT2D eigenvalue weighted by Gasteiger charge is 2.02. The number of carbonyl (C=O) groups is 1. The van der Waals surface area contributed by atoms with Crippen molar-refractivity contribution in [2.24, 2.45) is 10.2 Å². The summed E-state index contributed by atoms with van der Waals surface area (Å²) in [5, 5.41) is 11.0. The summed E-state index contributed by atoms with van der Waals surface area (Å²) < 4.78 is 0. The molecule has 0 aliphatic carbocycles. The number of anilines is 2. The Morgan fingerprint density at radius 3 is 2.50 bits per heavy atom. The minimum Gasteiger partial charge on any atom is -0.354 e. The minimum atomic E-state index is -0.227. The molecule has 0 unspecified atom stereocenters. The van der Waals surface area contributed by atoms with Gasteiger partial charge in [0.1, 0.15) is 5.69 Å². The quantitative estimate of drug-likeness (QED) is 0.812. The maximum atomic E-state index is 11.2. The summed E-state index contributed by atoms with van der Waals surface area (Å²) >= 11 is 0. The smallest absolute Gasteiger partial charge is 0.264 e. The molecule has 2 aromatic rings. The molecule has 0 spiro atoms. The van der Waals surface area contributed by atoms with Gasteiger partial charge in [-0.15, -0.1) is 10.2 Å². The van der Waals surface area contributed by atoms with Crippen LogP contribution in [0.4, 0.5) is 17.1 Å². The first-order valence-electron chi connectivity index (χ1n) is 6.56. The molecule has 0 aliphatic rings. The van der Waals surface area contributed by atoms with Crippen LogP contribution in [0.15, 0.2) is 58.8 Å². The highest BCUT2D eigenvalue weighted by atomic mass is 16.1. The van der Waals surface area contributed by atoms with Crippen molar-refractivity contribution in [1.82, 2.24) is 0 Å². The average Bonchev–Trinajstić information content (AvgIpc) is 2.48. The van der Waals surface area contributed by atoms with Gasteiger partial charge in [-0.1, -0.05) is 36.8 Å². The van der Waals surface area contributed by atoms with Crippen LogP contribution in [-0.4, -0.2) is 5.91 Å². The number of aryl methyl sites for hydroxylation is 1. The van der Waals surface area contributed by atoms with Crippen molar-refractivity contribution in [2.45, 2.75) is 20.3 Å². The minimum absolute atomic E-state index is 0.227. The molecule has 0 saturated heterocycles. The summed E-state index contributed by atoms with van der Waals surface area (Å²) in [6.45, 7) is 3.81. The molecule has 0 atom stereocenters. The number of azo groups is 1. The topological polar surface area (TPSA) is 53.8 Å². The Hall–Kier alpha value is -2.49. The molecule has 4 nitrogen and oxygen atoms in total. The molecule has 2 aromatic carbocycles. The largest absolute Gasteiger partial charge is 0.354 e. The molecule has 1 N–H and O–H groups in total. The standard InChI is InChI=1S/C16H17N3O/c1-3-16(20)19-18-15-7-5-4-6-14(15)17-13-10-8-12(2)9-11-13/h4-11,17H,3H2,1-2H3. The fraction of sp³-hybridized carbons (Fsp3) is 0.188. The zero-order valence-electron chi connectivity index (χ0n) is 11.6. The molecule has 2 rings (SSSR count). The second kappa shape index (κ2) is 6.61. The molecule has 0 radical (unpaired) electrons. The van der Waals surface area contributed by atoms with Gasteiger partial charge in [-0.3, -0.25) is 4.79 Å². The van der Waals surface area contributed by atoms with Crippen LogP contribution < -0.4 is 5.32 Å². The van der Waals surface area contributed by atoms with Gasteiger partial charge in [0.2, 0.25) is 0 Å². The predicted octanol–water partition coefficient (Wildman–Crippen LogP) is 4.76. The van der Waals surface area contributed by atoms with E-state index in [2.05, 4.69) is 15.5 Å². The lowest BCUT2D eigenvalue weighted by Crippen LogP contribution is -1.91. The lowest BCUT2D eigenvalue weighted by atomic mass is 10.2. The Kier molecular flexibility index (Phi) is 4.60. The predicted molar refractivity (Wildman–Crippen MR) is 80.7 cm³/mol. The zero-order valence-corrected chi connectivity index (χ0v) is 11.6. The van der Waals surface area contributed by atoms with Gasteiger partial charge in [-0.2, -0.15) is 0 Å². The van der Waals surface area contributed by atoms with E-state index < -0.39 is 0 Å². The zero-order chi connectivity index (χ0) is 14.4. The number of rotatable bonds is 4. The second-order valence-electron chi connectivity index (χ2n) is 4.46. The van der Waals surface area contributed by atoms with Crippen molar-refractivity contribution in [3.63, 3.8) is 0 Å². The lowest BCUT2D eigenvalue weighted by molar-refractivity contribution is -0.117. The molecular formula is C16H17N3O. The fourth-order valence-electron chi connectivity index (χ4n) is 1.64. The number of benzene rings is 2. The monoisotopic (exact) mass is 267 g/mol. The number of nitrogens with one attached hydrogen (secondary N) is 1. The number of hydrogen-bond donors (Lipinski definition) is 1. The van der Waals surface area contributed by atoms with E-state index in [4.69, 9.17) is 0 Å². The van der Waals surface area contributed by atoms with Crippen molar-refractivity contribution in [3.8, 4) is 0 Å². The first-order valence-corrected chi connectivity index (χ1v) is 6.56. The van der Waals surface area contributed by atoms with Gasteiger partial charge >= 0.3 is 0 Å². The third-order valence-electron chi connectivity index (χ3n) is 2.81. The Balaban J connectivity index is 2.21. The molecule has 0 aliphatic heterocycles. The van der Waals surface area contributed by atoms with Gasteiger partial charge in [0, 0.05) is 12.1 Å². The number of nitrogens with zero attached hydrogens (tertiary/aromatic N) is 2. The summed E-state index contributed by atoms with van der Waals surface area (Å²) in [4.78, 5) is 11.2. The third-order valence-corrected chi connectivity index (χ3v) is 2.81. The normalized spacial score (nSPS) is 10.7. The van der Waals surface area contributed by atoms with E-state index >= 15 is 0 Å². The van der Waals surface area contributed by atoms with Crippen molar-refractivity contribution < 1.29 is 4.79 Å². The van der Waals surface area contributed by atoms with E-state index in [1.807, 2.05) is 55.5 Å². The van der Waals surface area contributed by atoms with Gasteiger partial charge in [0.05, 0.1) is 5.69 Å². The molecular weight excluding hydrogens is 250 g/mol. The molecule has 0 aromatic heterocycles. The Morgan fingerprint density at radius 2 is 1.80 bits per heavy atom. The molecule has 102 valence electrons. The highest BCUT2D eigenvalue weighted by Crippen LogP contribution is 2.28. The maximum Gasteiger partial charge on any atom is 0.264 e. The second-order valence-corrected chi connectivity index (χ2v) is 4.46. The van der Waals surface area contributed by atoms with Gasteiger partial charge in [-0.05, 0) is 31.2 Å². The molecule has 0 fully saturated rings. The Morgan fingerprint density at radius 1 is 1.10 bits per heavy atom. The van der Waals surface area contributed by atoms with E-state index in [0.29, 0.717) is 12.1 Å². The van der Waals surface area contributed by atoms with Crippen molar-refractivity contribution >= 4 is 23.0 Å². The third kappa shape index (κ3) is 3.75. The van der Waals surface area contributed by atoms with Crippen LogP contribution in [0.1, 0.15) is 18.9 Å². The van der Waals surface area contributed by atoms with Crippen LogP contribution >= 0.6 is 0 Å². The van der Waals surface area contributed by atoms with Crippen LogP contribution in [0.25, 0.3) is 0 Å². The van der Waals surface area contributed by atoms with Crippen LogP contribution in [-0.2, 0) is 4.79 Å². The lowest BCUT2D eigenvalue weighted by Gasteiger charge is -2.08. The Bertz CT molecular complexity index is 618. The average molecular weight is 267 g/mol. The van der Waals surface area contributed by atoms with E-state index in [1.165, 1.54) is 5.56 Å². The van der Waals surface area contributed by atoms with E-state index in [1.54, 1.807) is 6.92 Å². The molecule has 0 heterocycles. The number of para-hydroxylation sites is 1. The summed E-state index contributed by atoms with van der Waals surface area (Å²) in [6.07, 6.45) is 0.358. The van der Waals surface area contributed by atoms with Gasteiger partial charge in [0.25, 0.3) is 5.91 Å². The number of amides is 1. The van der Waals surface area contributed by atoms with Crippen molar-refractivity contribution in [2.75, 3.05) is 5.32 Å². The highest BCUT2D eigenvalue weighted by molar-refractivity contribution is 5.77. The summed E-state index contributed by atoms with van der Waals surface area (Å²) in [6, 6.07) is 15.6. The first-order chi connectivity index (χ1) is 9.69. The SMILES string of the molecule is CCC(=O)N=Nc1ccccc1Nc1ccc(C)cc1. The Labute approximate surface area is 118 Å². The molecule has 20 heavy (non-hydrogen) atoms. The van der Waals surface area contributed by atoms with Gasteiger partial charge in [0.15, 0.2) is 0 Å². The van der Waals surface area contributed by atoms with Crippen LogP contribution in [0.2, 0.25) is 0 Å². The first kappa shape index (κ1) is 13.9. The van der Waals surface area contributed by atoms with Crippen molar-refractivity contribution in [1.29, 1.82) is 0 Å².